The van der Waals surface area contributed by atoms with Crippen LogP contribution < -0.4 is 10.1 Å². The second-order valence-corrected chi connectivity index (χ2v) is 8.59. The van der Waals surface area contributed by atoms with Crippen molar-refractivity contribution in [2.45, 2.75) is 44.4 Å². The molecule has 6 nitrogen and oxygen atoms in total. The molecule has 1 N–H and O–H groups in total. The van der Waals surface area contributed by atoms with Crippen molar-refractivity contribution < 1.29 is 28.9 Å². The number of Topliss-reactive ketones (excluding diaryl/α,β-unsaturated/α-hetero) is 1. The second-order valence-electron chi connectivity index (χ2n) is 8.59. The number of hydrogen-bond donors (Lipinski definition) is 1. The van der Waals surface area contributed by atoms with Crippen LogP contribution in [-0.2, 0) is 5.54 Å². The Labute approximate surface area is 185 Å². The molecule has 1 atom stereocenters. The summed E-state index contributed by atoms with van der Waals surface area (Å²) in [5.41, 5.74) is 1.23. The number of alkyl halides is 3. The van der Waals surface area contributed by atoms with Gasteiger partial charge in [-0.1, -0.05) is 0 Å². The Balaban J connectivity index is 0.00000306. The average molecular weight is 451 g/mol. The van der Waals surface area contributed by atoms with Gasteiger partial charge >= 0.3 is 6.18 Å². The normalized spacial score (nSPS) is 20.2. The maximum absolute atomic E-state index is 13.1. The Morgan fingerprint density at radius 1 is 1.19 bits per heavy atom. The fraction of sp³-hybridized carbons (Fsp3) is 0.478. The van der Waals surface area contributed by atoms with Crippen LogP contribution in [0, 0.1) is 6.92 Å². The Hall–Kier alpha value is -2.81. The van der Waals surface area contributed by atoms with Crippen LogP contribution in [0.2, 0.25) is 0 Å². The van der Waals surface area contributed by atoms with Crippen LogP contribution in [0.3, 0.4) is 0 Å². The van der Waals surface area contributed by atoms with Gasteiger partial charge in [0.25, 0.3) is 11.7 Å². The molecule has 1 aromatic heterocycles. The van der Waals surface area contributed by atoms with E-state index in [1.54, 1.807) is 43.2 Å². The first-order valence-electron chi connectivity index (χ1n) is 10.6. The molecule has 1 saturated heterocycles. The molecule has 2 aliphatic rings. The lowest BCUT2D eigenvalue weighted by Crippen LogP contribution is -2.57. The zero-order valence-electron chi connectivity index (χ0n) is 18.3. The van der Waals surface area contributed by atoms with Gasteiger partial charge in [-0.3, -0.25) is 9.59 Å². The predicted octanol–water partition coefficient (Wildman–Crippen LogP) is 4.09. The number of nitrogens with one attached hydrogen (secondary N) is 1. The van der Waals surface area contributed by atoms with Crippen LogP contribution in [0.1, 0.15) is 59.3 Å². The Kier molecular flexibility index (Phi) is 5.56. The molecule has 4 rings (SSSR count). The van der Waals surface area contributed by atoms with E-state index >= 15 is 0 Å². The van der Waals surface area contributed by atoms with Crippen molar-refractivity contribution >= 4 is 11.7 Å². The number of aryl methyl sites for hydroxylation is 1. The highest BCUT2D eigenvalue weighted by molar-refractivity contribution is 5.99. The van der Waals surface area contributed by atoms with Gasteiger partial charge in [-0.05, 0) is 62.6 Å². The molecule has 0 aliphatic carbocycles. The highest BCUT2D eigenvalue weighted by atomic mass is 19.4. The summed E-state index contributed by atoms with van der Waals surface area (Å²) < 4.78 is 46.0. The highest BCUT2D eigenvalue weighted by Crippen LogP contribution is 2.40. The van der Waals surface area contributed by atoms with Gasteiger partial charge in [-0.2, -0.15) is 13.2 Å². The van der Waals surface area contributed by atoms with Gasteiger partial charge in [0.1, 0.15) is 5.75 Å². The molecule has 0 radical (unpaired) electrons. The summed E-state index contributed by atoms with van der Waals surface area (Å²) in [6.07, 6.45) is -3.83. The molecule has 9 heteroatoms. The van der Waals surface area contributed by atoms with Crippen LogP contribution in [-0.4, -0.2) is 54.1 Å². The molecule has 3 heterocycles. The summed E-state index contributed by atoms with van der Waals surface area (Å²) >= 11 is 0. The summed E-state index contributed by atoms with van der Waals surface area (Å²) in [7, 11) is 1.58. The molecule has 1 unspecified atom stereocenters. The SMILES string of the molecule is COc1ccc(C(=O)N2CCC3(CC2)NCC(C)n2c(C(=O)C(F)(F)F)ccc23)cc1C.[HH]. The van der Waals surface area contributed by atoms with Crippen molar-refractivity contribution in [3.05, 3.63) is 52.8 Å². The van der Waals surface area contributed by atoms with Gasteiger partial charge in [-0.25, -0.2) is 0 Å². The minimum absolute atomic E-state index is 0. The van der Waals surface area contributed by atoms with E-state index in [0.29, 0.717) is 49.5 Å². The summed E-state index contributed by atoms with van der Waals surface area (Å²) in [5.74, 6) is -1.20. The lowest BCUT2D eigenvalue weighted by atomic mass is 9.82. The number of carbonyl (C=O) groups is 2. The molecule has 2 aliphatic heterocycles. The summed E-state index contributed by atoms with van der Waals surface area (Å²) in [5, 5.41) is 3.49. The largest absolute Gasteiger partial charge is 0.496 e. The molecule has 1 spiro atoms. The third-order valence-electron chi connectivity index (χ3n) is 6.62. The maximum atomic E-state index is 13.1. The van der Waals surface area contributed by atoms with E-state index in [9.17, 15) is 22.8 Å². The molecule has 1 amide bonds. The molecular formula is C23H28F3N3O3. The van der Waals surface area contributed by atoms with Crippen LogP contribution in [0.15, 0.2) is 30.3 Å². The maximum Gasteiger partial charge on any atom is 0.456 e. The zero-order valence-corrected chi connectivity index (χ0v) is 18.3. The molecule has 1 fully saturated rings. The van der Waals surface area contributed by atoms with Crippen molar-refractivity contribution in [3.8, 4) is 5.75 Å². The number of nitrogens with zero attached hydrogens (tertiary/aromatic N) is 2. The van der Waals surface area contributed by atoms with Gasteiger partial charge in [0, 0.05) is 38.4 Å². The van der Waals surface area contributed by atoms with Crippen molar-refractivity contribution in [2.24, 2.45) is 0 Å². The number of piperidine rings is 1. The number of halogens is 3. The number of carbonyl (C=O) groups excluding carboxylic acids is 2. The number of benzene rings is 1. The fourth-order valence-corrected chi connectivity index (χ4v) is 4.89. The Morgan fingerprint density at radius 3 is 2.47 bits per heavy atom. The predicted molar refractivity (Wildman–Crippen MR) is 114 cm³/mol. The number of aromatic nitrogens is 1. The Morgan fingerprint density at radius 2 is 1.88 bits per heavy atom. The first kappa shape index (κ1) is 22.4. The summed E-state index contributed by atoms with van der Waals surface area (Å²) in [6, 6.07) is 7.91. The van der Waals surface area contributed by atoms with Gasteiger partial charge < -0.3 is 19.5 Å². The summed E-state index contributed by atoms with van der Waals surface area (Å²) in [6.45, 7) is 5.03. The quantitative estimate of drug-likeness (QED) is 0.714. The molecular weight excluding hydrogens is 423 g/mol. The van der Waals surface area contributed by atoms with E-state index in [-0.39, 0.29) is 19.1 Å². The van der Waals surface area contributed by atoms with E-state index in [1.807, 2.05) is 6.92 Å². The Bertz CT molecular complexity index is 1060. The van der Waals surface area contributed by atoms with Gasteiger partial charge in [0.05, 0.1) is 18.3 Å². The first-order valence-corrected chi connectivity index (χ1v) is 10.6. The number of likely N-dealkylation sites (tertiary alicyclic amines) is 1. The number of ketones is 1. The van der Waals surface area contributed by atoms with E-state index < -0.39 is 17.5 Å². The number of ether oxygens (including phenoxy) is 1. The number of rotatable bonds is 3. The van der Waals surface area contributed by atoms with E-state index in [4.69, 9.17) is 4.74 Å². The first-order chi connectivity index (χ1) is 15.1. The number of hydrogen-bond acceptors (Lipinski definition) is 4. The van der Waals surface area contributed by atoms with Crippen molar-refractivity contribution in [1.29, 1.82) is 0 Å². The van der Waals surface area contributed by atoms with E-state index in [2.05, 4.69) is 5.32 Å². The highest BCUT2D eigenvalue weighted by Gasteiger charge is 2.47. The van der Waals surface area contributed by atoms with Gasteiger partial charge in [0.15, 0.2) is 0 Å². The molecule has 174 valence electrons. The number of fused-ring (bicyclic) bond motifs is 2. The molecule has 0 bridgehead atoms. The van der Waals surface area contributed by atoms with E-state index in [1.165, 1.54) is 10.6 Å². The van der Waals surface area contributed by atoms with Crippen LogP contribution >= 0.6 is 0 Å². The minimum atomic E-state index is -4.92. The number of methoxy groups -OCH3 is 1. The second kappa shape index (κ2) is 7.95. The molecule has 0 saturated carbocycles. The third-order valence-corrected chi connectivity index (χ3v) is 6.62. The standard InChI is InChI=1S/C23H26F3N3O3.H2/c1-14-12-16(4-6-18(14)32-3)21(31)28-10-8-22(9-11-28)19-7-5-17(20(30)23(24,25)26)29(19)15(2)13-27-22;/h4-7,12,15,27H,8-11,13H2,1-3H3;1H. The van der Waals surface area contributed by atoms with Crippen molar-refractivity contribution in [2.75, 3.05) is 26.7 Å². The zero-order chi connectivity index (χ0) is 23.3. The average Bonchev–Trinajstić information content (AvgIpc) is 3.22. The fourth-order valence-electron chi connectivity index (χ4n) is 4.89. The van der Waals surface area contributed by atoms with E-state index in [0.717, 1.165) is 5.56 Å². The summed E-state index contributed by atoms with van der Waals surface area (Å²) in [4.78, 5) is 26.7. The molecule has 2 aromatic rings. The number of amides is 1. The third kappa shape index (κ3) is 3.68. The van der Waals surface area contributed by atoms with Crippen LogP contribution in [0.4, 0.5) is 13.2 Å². The van der Waals surface area contributed by atoms with Crippen LogP contribution in [0.5, 0.6) is 5.75 Å². The van der Waals surface area contributed by atoms with Crippen molar-refractivity contribution in [1.82, 2.24) is 14.8 Å². The molecule has 1 aromatic carbocycles. The van der Waals surface area contributed by atoms with Crippen molar-refractivity contribution in [3.63, 3.8) is 0 Å². The molecule has 32 heavy (non-hydrogen) atoms. The lowest BCUT2D eigenvalue weighted by Gasteiger charge is -2.47. The topological polar surface area (TPSA) is 63.6 Å². The lowest BCUT2D eigenvalue weighted by molar-refractivity contribution is -0.0892. The smallest absolute Gasteiger partial charge is 0.456 e. The van der Waals surface area contributed by atoms with Crippen LogP contribution in [0.25, 0.3) is 0 Å². The minimum Gasteiger partial charge on any atom is -0.496 e. The van der Waals surface area contributed by atoms with Gasteiger partial charge in [-0.15, -0.1) is 0 Å². The monoisotopic (exact) mass is 451 g/mol. The van der Waals surface area contributed by atoms with Gasteiger partial charge in [0.2, 0.25) is 0 Å².